The third-order valence-corrected chi connectivity index (χ3v) is 7.51. The number of rotatable bonds is 12. The van der Waals surface area contributed by atoms with E-state index in [4.69, 9.17) is 0 Å². The van der Waals surface area contributed by atoms with Crippen LogP contribution in [0.4, 0.5) is 4.39 Å². The van der Waals surface area contributed by atoms with Crippen LogP contribution in [0.1, 0.15) is 50.2 Å². The zero-order valence-corrected chi connectivity index (χ0v) is 22.4. The van der Waals surface area contributed by atoms with Crippen molar-refractivity contribution in [3.63, 3.8) is 0 Å². The Morgan fingerprint density at radius 3 is 2.23 bits per heavy atom. The van der Waals surface area contributed by atoms with Crippen LogP contribution in [0, 0.1) is 17.7 Å². The van der Waals surface area contributed by atoms with Gasteiger partial charge in [0.25, 0.3) is 0 Å². The lowest BCUT2D eigenvalue weighted by molar-refractivity contribution is -0.144. The summed E-state index contributed by atoms with van der Waals surface area (Å²) in [5, 5.41) is 2.96. The number of imide groups is 1. The molecular formula is C31H36FN3O4. The summed E-state index contributed by atoms with van der Waals surface area (Å²) in [5.41, 5.74) is 1.57. The van der Waals surface area contributed by atoms with Crippen LogP contribution in [0.2, 0.25) is 0 Å². The van der Waals surface area contributed by atoms with Crippen molar-refractivity contribution in [1.29, 1.82) is 0 Å². The van der Waals surface area contributed by atoms with Gasteiger partial charge in [0, 0.05) is 32.5 Å². The molecule has 0 saturated carbocycles. The Labute approximate surface area is 229 Å². The zero-order chi connectivity index (χ0) is 27.8. The summed E-state index contributed by atoms with van der Waals surface area (Å²) in [7, 11) is 0. The van der Waals surface area contributed by atoms with Gasteiger partial charge in [-0.25, -0.2) is 4.39 Å². The highest BCUT2D eigenvalue weighted by Gasteiger charge is 2.47. The molecule has 0 spiro atoms. The quantitative estimate of drug-likeness (QED) is 0.254. The molecule has 206 valence electrons. The predicted molar refractivity (Wildman–Crippen MR) is 145 cm³/mol. The molecule has 1 fully saturated rings. The van der Waals surface area contributed by atoms with Crippen LogP contribution in [0.25, 0.3) is 0 Å². The summed E-state index contributed by atoms with van der Waals surface area (Å²) in [5.74, 6) is -2.19. The Balaban J connectivity index is 1.56. The van der Waals surface area contributed by atoms with E-state index in [0.717, 1.165) is 18.4 Å². The molecule has 1 heterocycles. The molecule has 1 aliphatic carbocycles. The van der Waals surface area contributed by atoms with Crippen molar-refractivity contribution in [2.45, 2.75) is 58.0 Å². The van der Waals surface area contributed by atoms with E-state index < -0.39 is 11.9 Å². The highest BCUT2D eigenvalue weighted by molar-refractivity contribution is 6.05. The standard InChI is InChI=1S/C31H36FN3O4/c1-2-3-18-33-29(37)27(20-22-9-5-4-6-10-22)35(21-23-13-15-24(32)16-14-23)28(36)17-19-34-30(38)25-11-7-8-12-26(25)31(34)39/h4-10,13-16,25-27H,2-3,11-12,17-21H2,1H3,(H,33,37)/t25-,26+,27?. The molecule has 0 bridgehead atoms. The van der Waals surface area contributed by atoms with Crippen molar-refractivity contribution in [1.82, 2.24) is 15.1 Å². The maximum Gasteiger partial charge on any atom is 0.243 e. The molecule has 4 rings (SSSR count). The average molecular weight is 534 g/mol. The van der Waals surface area contributed by atoms with E-state index in [1.54, 1.807) is 12.1 Å². The van der Waals surface area contributed by atoms with Crippen molar-refractivity contribution in [3.8, 4) is 0 Å². The number of fused-ring (bicyclic) bond motifs is 1. The number of nitrogens with one attached hydrogen (secondary N) is 1. The van der Waals surface area contributed by atoms with Crippen LogP contribution < -0.4 is 5.32 Å². The van der Waals surface area contributed by atoms with Crippen LogP contribution in [0.3, 0.4) is 0 Å². The van der Waals surface area contributed by atoms with Crippen LogP contribution in [0.5, 0.6) is 0 Å². The van der Waals surface area contributed by atoms with E-state index >= 15 is 0 Å². The second kappa shape index (κ2) is 13.3. The average Bonchev–Trinajstić information content (AvgIpc) is 3.20. The Bertz CT molecular complexity index is 1170. The third kappa shape index (κ3) is 6.99. The Morgan fingerprint density at radius 2 is 1.62 bits per heavy atom. The molecule has 2 aliphatic rings. The van der Waals surface area contributed by atoms with E-state index in [2.05, 4.69) is 5.32 Å². The lowest BCUT2D eigenvalue weighted by Gasteiger charge is -2.32. The lowest BCUT2D eigenvalue weighted by Crippen LogP contribution is -2.51. The minimum atomic E-state index is -0.821. The Hall–Kier alpha value is -3.81. The molecule has 0 aromatic heterocycles. The molecule has 1 saturated heterocycles. The smallest absolute Gasteiger partial charge is 0.243 e. The number of carbonyl (C=O) groups excluding carboxylic acids is 4. The van der Waals surface area contributed by atoms with Gasteiger partial charge in [-0.05, 0) is 42.5 Å². The molecule has 2 aromatic carbocycles. The summed E-state index contributed by atoms with van der Waals surface area (Å²) >= 11 is 0. The zero-order valence-electron chi connectivity index (χ0n) is 22.4. The van der Waals surface area contributed by atoms with Crippen LogP contribution in [-0.2, 0) is 32.1 Å². The van der Waals surface area contributed by atoms with Gasteiger partial charge in [0.05, 0.1) is 11.8 Å². The Kier molecular flexibility index (Phi) is 9.63. The minimum absolute atomic E-state index is 0.0288. The van der Waals surface area contributed by atoms with Gasteiger partial charge >= 0.3 is 0 Å². The van der Waals surface area contributed by atoms with Gasteiger partial charge < -0.3 is 10.2 Å². The maximum absolute atomic E-state index is 13.8. The van der Waals surface area contributed by atoms with Crippen molar-refractivity contribution < 1.29 is 23.6 Å². The number of likely N-dealkylation sites (tertiary alicyclic amines) is 1. The topological polar surface area (TPSA) is 86.8 Å². The fourth-order valence-corrected chi connectivity index (χ4v) is 5.29. The molecule has 4 amide bonds. The first kappa shape index (κ1) is 28.2. The number of benzene rings is 2. The maximum atomic E-state index is 13.8. The number of allylic oxidation sites excluding steroid dienone is 2. The monoisotopic (exact) mass is 533 g/mol. The van der Waals surface area contributed by atoms with E-state index in [1.807, 2.05) is 49.4 Å². The van der Waals surface area contributed by atoms with Crippen LogP contribution in [-0.4, -0.2) is 52.6 Å². The summed E-state index contributed by atoms with van der Waals surface area (Å²) in [6.45, 7) is 2.59. The van der Waals surface area contributed by atoms with E-state index in [1.165, 1.54) is 21.9 Å². The SMILES string of the molecule is CCCCNC(=O)C(Cc1ccccc1)N(Cc1ccc(F)cc1)C(=O)CCN1C(=O)[C@H]2CC=CC[C@H]2C1=O. The molecular weight excluding hydrogens is 497 g/mol. The van der Waals surface area contributed by atoms with Gasteiger partial charge in [0.2, 0.25) is 23.6 Å². The highest BCUT2D eigenvalue weighted by atomic mass is 19.1. The number of carbonyl (C=O) groups is 4. The summed E-state index contributed by atoms with van der Waals surface area (Å²) in [4.78, 5) is 55.8. The fraction of sp³-hybridized carbons (Fsp3) is 0.419. The van der Waals surface area contributed by atoms with Gasteiger partial charge in [-0.3, -0.25) is 24.1 Å². The van der Waals surface area contributed by atoms with Gasteiger partial charge in [0.15, 0.2) is 0 Å². The van der Waals surface area contributed by atoms with Crippen LogP contribution >= 0.6 is 0 Å². The number of hydrogen-bond acceptors (Lipinski definition) is 4. The number of nitrogens with zero attached hydrogens (tertiary/aromatic N) is 2. The number of unbranched alkanes of at least 4 members (excludes halogenated alkanes) is 1. The largest absolute Gasteiger partial charge is 0.354 e. The molecule has 39 heavy (non-hydrogen) atoms. The summed E-state index contributed by atoms with van der Waals surface area (Å²) in [6.07, 6.45) is 6.85. The first-order chi connectivity index (χ1) is 18.9. The minimum Gasteiger partial charge on any atom is -0.354 e. The van der Waals surface area contributed by atoms with Crippen molar-refractivity contribution in [3.05, 3.63) is 83.7 Å². The summed E-state index contributed by atoms with van der Waals surface area (Å²) in [6, 6.07) is 14.5. The summed E-state index contributed by atoms with van der Waals surface area (Å²) < 4.78 is 13.6. The number of halogens is 1. The molecule has 0 radical (unpaired) electrons. The molecule has 1 aliphatic heterocycles. The second-order valence-electron chi connectivity index (χ2n) is 10.2. The van der Waals surface area contributed by atoms with Crippen molar-refractivity contribution >= 4 is 23.6 Å². The van der Waals surface area contributed by atoms with Gasteiger partial charge in [-0.1, -0.05) is 68.0 Å². The molecule has 2 aromatic rings. The number of amides is 4. The van der Waals surface area contributed by atoms with Gasteiger partial charge in [0.1, 0.15) is 11.9 Å². The molecule has 8 heteroatoms. The van der Waals surface area contributed by atoms with Gasteiger partial charge in [-0.2, -0.15) is 0 Å². The highest BCUT2D eigenvalue weighted by Crippen LogP contribution is 2.35. The van der Waals surface area contributed by atoms with Crippen molar-refractivity contribution in [2.24, 2.45) is 11.8 Å². The Morgan fingerprint density at radius 1 is 0.974 bits per heavy atom. The van der Waals surface area contributed by atoms with E-state index in [9.17, 15) is 23.6 Å². The number of hydrogen-bond donors (Lipinski definition) is 1. The fourth-order valence-electron chi connectivity index (χ4n) is 5.29. The lowest BCUT2D eigenvalue weighted by atomic mass is 9.85. The first-order valence-corrected chi connectivity index (χ1v) is 13.7. The first-order valence-electron chi connectivity index (χ1n) is 13.7. The van der Waals surface area contributed by atoms with E-state index in [-0.39, 0.29) is 55.0 Å². The molecule has 7 nitrogen and oxygen atoms in total. The predicted octanol–water partition coefficient (Wildman–Crippen LogP) is 4.02. The van der Waals surface area contributed by atoms with Gasteiger partial charge in [-0.15, -0.1) is 0 Å². The van der Waals surface area contributed by atoms with Crippen molar-refractivity contribution in [2.75, 3.05) is 13.1 Å². The molecule has 1 N–H and O–H groups in total. The van der Waals surface area contributed by atoms with Crippen LogP contribution in [0.15, 0.2) is 66.7 Å². The molecule has 3 atom stereocenters. The third-order valence-electron chi connectivity index (χ3n) is 7.51. The normalized spacial score (nSPS) is 19.1. The van der Waals surface area contributed by atoms with E-state index in [0.29, 0.717) is 31.4 Å². The molecule has 1 unspecified atom stereocenters. The second-order valence-corrected chi connectivity index (χ2v) is 10.2.